The number of likely N-dealkylation sites (tertiary alicyclic amines) is 1. The van der Waals surface area contributed by atoms with Crippen LogP contribution < -0.4 is 5.32 Å². The van der Waals surface area contributed by atoms with Crippen molar-refractivity contribution in [2.75, 3.05) is 26.2 Å². The fraction of sp³-hybridized carbons (Fsp3) is 1.00. The molecule has 2 nitrogen and oxygen atoms in total. The van der Waals surface area contributed by atoms with Crippen LogP contribution in [-0.2, 0) is 0 Å². The molecule has 2 aliphatic rings. The Morgan fingerprint density at radius 2 is 1.71 bits per heavy atom. The normalized spacial score (nSPS) is 31.6. The van der Waals surface area contributed by atoms with Crippen LogP contribution in [0.1, 0.15) is 58.3 Å². The van der Waals surface area contributed by atoms with E-state index in [1.807, 2.05) is 0 Å². The van der Waals surface area contributed by atoms with Crippen LogP contribution in [0.5, 0.6) is 0 Å². The fourth-order valence-corrected chi connectivity index (χ4v) is 3.38. The summed E-state index contributed by atoms with van der Waals surface area (Å²) >= 11 is 0. The second-order valence-corrected chi connectivity index (χ2v) is 5.98. The molecule has 0 unspecified atom stereocenters. The van der Waals surface area contributed by atoms with Crippen molar-refractivity contribution in [3.8, 4) is 0 Å². The van der Waals surface area contributed by atoms with Crippen molar-refractivity contribution in [3.05, 3.63) is 0 Å². The van der Waals surface area contributed by atoms with Crippen LogP contribution in [0.4, 0.5) is 0 Å². The van der Waals surface area contributed by atoms with Gasteiger partial charge in [0.1, 0.15) is 0 Å². The van der Waals surface area contributed by atoms with Gasteiger partial charge in [-0.05, 0) is 57.5 Å². The quantitative estimate of drug-likeness (QED) is 0.792. The molecule has 0 amide bonds. The zero-order valence-corrected chi connectivity index (χ0v) is 11.6. The van der Waals surface area contributed by atoms with Gasteiger partial charge in [0.2, 0.25) is 0 Å². The zero-order valence-electron chi connectivity index (χ0n) is 11.6. The monoisotopic (exact) mass is 238 g/mol. The van der Waals surface area contributed by atoms with E-state index < -0.39 is 0 Å². The Hall–Kier alpha value is -0.0800. The smallest absolute Gasteiger partial charge is 0.0107 e. The number of hydrogen-bond donors (Lipinski definition) is 1. The van der Waals surface area contributed by atoms with Gasteiger partial charge in [0, 0.05) is 19.1 Å². The number of nitrogens with one attached hydrogen (secondary N) is 1. The summed E-state index contributed by atoms with van der Waals surface area (Å²) in [5, 5.41) is 3.77. The number of nitrogens with zero attached hydrogens (tertiary/aromatic N) is 1. The summed E-state index contributed by atoms with van der Waals surface area (Å²) in [7, 11) is 0. The Morgan fingerprint density at radius 3 is 2.35 bits per heavy atom. The highest BCUT2D eigenvalue weighted by molar-refractivity contribution is 4.77. The van der Waals surface area contributed by atoms with Crippen molar-refractivity contribution in [3.63, 3.8) is 0 Å². The van der Waals surface area contributed by atoms with Gasteiger partial charge in [-0.1, -0.05) is 19.8 Å². The van der Waals surface area contributed by atoms with Crippen molar-refractivity contribution in [2.24, 2.45) is 5.92 Å². The van der Waals surface area contributed by atoms with Gasteiger partial charge >= 0.3 is 0 Å². The highest BCUT2D eigenvalue weighted by atomic mass is 15.1. The molecule has 0 radical (unpaired) electrons. The average molecular weight is 238 g/mol. The minimum Gasteiger partial charge on any atom is -0.313 e. The fourth-order valence-electron chi connectivity index (χ4n) is 3.38. The first-order valence-electron chi connectivity index (χ1n) is 7.84. The molecule has 0 bridgehead atoms. The third kappa shape index (κ3) is 4.59. The van der Waals surface area contributed by atoms with Gasteiger partial charge in [-0.3, -0.25) is 0 Å². The molecule has 0 atom stereocenters. The van der Waals surface area contributed by atoms with Gasteiger partial charge in [0.15, 0.2) is 0 Å². The van der Waals surface area contributed by atoms with E-state index in [2.05, 4.69) is 17.1 Å². The molecule has 1 N–H and O–H groups in total. The van der Waals surface area contributed by atoms with Gasteiger partial charge in [-0.2, -0.15) is 0 Å². The van der Waals surface area contributed by atoms with Crippen molar-refractivity contribution < 1.29 is 0 Å². The summed E-state index contributed by atoms with van der Waals surface area (Å²) in [6.07, 6.45) is 11.4. The summed E-state index contributed by atoms with van der Waals surface area (Å²) in [5.41, 5.74) is 0. The van der Waals surface area contributed by atoms with E-state index in [1.54, 1.807) is 0 Å². The number of piperidine rings is 1. The molecule has 0 spiro atoms. The molecule has 100 valence electrons. The Labute approximate surface area is 107 Å². The topological polar surface area (TPSA) is 15.3 Å². The van der Waals surface area contributed by atoms with E-state index in [-0.39, 0.29) is 0 Å². The first kappa shape index (κ1) is 13.4. The minimum absolute atomic E-state index is 0.822. The lowest BCUT2D eigenvalue weighted by Crippen LogP contribution is -2.40. The second kappa shape index (κ2) is 7.38. The van der Waals surface area contributed by atoms with E-state index in [0.717, 1.165) is 12.0 Å². The summed E-state index contributed by atoms with van der Waals surface area (Å²) < 4.78 is 0. The van der Waals surface area contributed by atoms with Crippen LogP contribution in [0, 0.1) is 5.92 Å². The molecule has 2 heteroatoms. The summed E-state index contributed by atoms with van der Waals surface area (Å²) in [6, 6.07) is 0.822. The largest absolute Gasteiger partial charge is 0.313 e. The van der Waals surface area contributed by atoms with E-state index >= 15 is 0 Å². The molecule has 2 rings (SSSR count). The van der Waals surface area contributed by atoms with Crippen LogP contribution in [0.25, 0.3) is 0 Å². The van der Waals surface area contributed by atoms with Gasteiger partial charge in [0.05, 0.1) is 0 Å². The average Bonchev–Trinajstić information content (AvgIpc) is 2.41. The first-order valence-corrected chi connectivity index (χ1v) is 7.84. The van der Waals surface area contributed by atoms with Crippen LogP contribution in [0.2, 0.25) is 0 Å². The molecule has 0 aromatic heterocycles. The minimum atomic E-state index is 0.822. The predicted molar refractivity (Wildman–Crippen MR) is 74.3 cm³/mol. The van der Waals surface area contributed by atoms with Crippen LogP contribution in [-0.4, -0.2) is 37.1 Å². The summed E-state index contributed by atoms with van der Waals surface area (Å²) in [4.78, 5) is 2.63. The van der Waals surface area contributed by atoms with Crippen LogP contribution >= 0.6 is 0 Å². The van der Waals surface area contributed by atoms with E-state index in [9.17, 15) is 0 Å². The Bertz CT molecular complexity index is 191. The van der Waals surface area contributed by atoms with Crippen molar-refractivity contribution >= 4 is 0 Å². The van der Waals surface area contributed by atoms with Crippen molar-refractivity contribution in [1.29, 1.82) is 0 Å². The predicted octanol–water partition coefficient (Wildman–Crippen LogP) is 3.03. The Morgan fingerprint density at radius 1 is 1.00 bits per heavy atom. The van der Waals surface area contributed by atoms with Crippen molar-refractivity contribution in [1.82, 2.24) is 10.2 Å². The molecule has 1 aliphatic carbocycles. The molecule has 1 saturated carbocycles. The highest BCUT2D eigenvalue weighted by Crippen LogP contribution is 2.26. The van der Waals surface area contributed by atoms with Crippen LogP contribution in [0.3, 0.4) is 0 Å². The van der Waals surface area contributed by atoms with Crippen molar-refractivity contribution in [2.45, 2.75) is 64.3 Å². The first-order chi connectivity index (χ1) is 8.38. The second-order valence-electron chi connectivity index (χ2n) is 5.98. The van der Waals surface area contributed by atoms with Gasteiger partial charge in [0.25, 0.3) is 0 Å². The maximum absolute atomic E-state index is 3.77. The maximum atomic E-state index is 3.77. The molecule has 0 aromatic carbocycles. The third-order valence-electron chi connectivity index (χ3n) is 4.73. The van der Waals surface area contributed by atoms with E-state index in [0.29, 0.717) is 0 Å². The van der Waals surface area contributed by atoms with Gasteiger partial charge in [-0.25, -0.2) is 0 Å². The van der Waals surface area contributed by atoms with Gasteiger partial charge < -0.3 is 10.2 Å². The van der Waals surface area contributed by atoms with Gasteiger partial charge in [-0.15, -0.1) is 0 Å². The zero-order chi connectivity index (χ0) is 11.9. The SMILES string of the molecule is CCC1CCC(NCCN2CCCCC2)CC1. The standard InChI is InChI=1S/C15H30N2/c1-2-14-6-8-15(9-7-14)16-10-13-17-11-4-3-5-12-17/h14-16H,2-13H2,1H3. The third-order valence-corrected chi connectivity index (χ3v) is 4.73. The number of rotatable bonds is 5. The molecule has 17 heavy (non-hydrogen) atoms. The highest BCUT2D eigenvalue weighted by Gasteiger charge is 2.19. The molecule has 1 saturated heterocycles. The Kier molecular flexibility index (Phi) is 5.79. The van der Waals surface area contributed by atoms with Crippen LogP contribution in [0.15, 0.2) is 0 Å². The molecule has 1 aliphatic heterocycles. The molecular weight excluding hydrogens is 208 g/mol. The van der Waals surface area contributed by atoms with E-state index in [1.165, 1.54) is 77.5 Å². The Balaban J connectivity index is 1.53. The summed E-state index contributed by atoms with van der Waals surface area (Å²) in [5.74, 6) is 1.02. The lowest BCUT2D eigenvalue weighted by molar-refractivity contribution is 0.217. The molecular formula is C15H30N2. The number of hydrogen-bond acceptors (Lipinski definition) is 2. The maximum Gasteiger partial charge on any atom is 0.0107 e. The van der Waals surface area contributed by atoms with E-state index in [4.69, 9.17) is 0 Å². The lowest BCUT2D eigenvalue weighted by atomic mass is 9.84. The lowest BCUT2D eigenvalue weighted by Gasteiger charge is -2.30. The summed E-state index contributed by atoms with van der Waals surface area (Å²) in [6.45, 7) is 7.50. The molecule has 1 heterocycles. The molecule has 0 aromatic rings. The molecule has 2 fully saturated rings.